The summed E-state index contributed by atoms with van der Waals surface area (Å²) in [5.41, 5.74) is 2.59. The zero-order valence-corrected chi connectivity index (χ0v) is 12.1. The molecule has 0 atom stereocenters. The van der Waals surface area contributed by atoms with Gasteiger partial charge < -0.3 is 4.90 Å². The number of anilines is 2. The first-order chi connectivity index (χ1) is 8.75. The normalized spacial score (nSPS) is 14.4. The molecule has 2 nitrogen and oxygen atoms in total. The first kappa shape index (κ1) is 12.0. The Morgan fingerprint density at radius 1 is 1.28 bits per heavy atom. The quantitative estimate of drug-likeness (QED) is 0.763. The second-order valence-corrected chi connectivity index (χ2v) is 5.67. The summed E-state index contributed by atoms with van der Waals surface area (Å²) in [6.07, 6.45) is 4.05. The molecule has 1 aliphatic rings. The molecule has 1 aromatic heterocycles. The van der Waals surface area contributed by atoms with Gasteiger partial charge in [0.25, 0.3) is 0 Å². The number of aromatic nitrogens is 1. The lowest BCUT2D eigenvalue weighted by Crippen LogP contribution is -2.25. The Balaban J connectivity index is 2.08. The van der Waals surface area contributed by atoms with Gasteiger partial charge in [-0.25, -0.2) is 4.98 Å². The highest BCUT2D eigenvalue weighted by Gasteiger charge is 2.20. The van der Waals surface area contributed by atoms with E-state index in [1.165, 1.54) is 11.3 Å². The Morgan fingerprint density at radius 2 is 2.11 bits per heavy atom. The van der Waals surface area contributed by atoms with Crippen molar-refractivity contribution >= 4 is 39.0 Å². The first-order valence-electron chi connectivity index (χ1n) is 5.92. The van der Waals surface area contributed by atoms with E-state index in [-0.39, 0.29) is 0 Å². The van der Waals surface area contributed by atoms with Gasteiger partial charge in [-0.05, 0) is 46.5 Å². The predicted molar refractivity (Wildman–Crippen MR) is 78.7 cm³/mol. The van der Waals surface area contributed by atoms with E-state index in [9.17, 15) is 0 Å². The van der Waals surface area contributed by atoms with Crippen LogP contribution in [0.1, 0.15) is 12.0 Å². The summed E-state index contributed by atoms with van der Waals surface area (Å²) in [5.74, 6) is 0.840. The van der Waals surface area contributed by atoms with Crippen molar-refractivity contribution < 1.29 is 0 Å². The molecule has 0 unspecified atom stereocenters. The van der Waals surface area contributed by atoms with E-state index in [2.05, 4.69) is 50.1 Å². The number of hydrogen-bond donors (Lipinski definition) is 0. The molecule has 0 aliphatic carbocycles. The van der Waals surface area contributed by atoms with Gasteiger partial charge in [0.1, 0.15) is 0 Å². The summed E-state index contributed by atoms with van der Waals surface area (Å²) in [5, 5.41) is 0.682. The third-order valence-electron chi connectivity index (χ3n) is 3.15. The molecule has 0 saturated carbocycles. The molecule has 0 amide bonds. The minimum Gasteiger partial charge on any atom is -0.325 e. The van der Waals surface area contributed by atoms with Gasteiger partial charge in [0.15, 0.2) is 5.82 Å². The Kier molecular flexibility index (Phi) is 3.27. The molecule has 0 fully saturated rings. The van der Waals surface area contributed by atoms with Crippen molar-refractivity contribution in [3.63, 3.8) is 0 Å². The van der Waals surface area contributed by atoms with Crippen LogP contribution in [0.5, 0.6) is 0 Å². The van der Waals surface area contributed by atoms with Crippen LogP contribution in [-0.4, -0.2) is 11.5 Å². The number of nitrogens with zero attached hydrogens (tertiary/aromatic N) is 2. The molecule has 0 bridgehead atoms. The molecule has 92 valence electrons. The third kappa shape index (κ3) is 2.13. The van der Waals surface area contributed by atoms with Gasteiger partial charge in [-0.2, -0.15) is 0 Å². The minimum absolute atomic E-state index is 0.682. The lowest BCUT2D eigenvalue weighted by molar-refractivity contribution is 0.759. The molecule has 1 aliphatic heterocycles. The van der Waals surface area contributed by atoms with Crippen molar-refractivity contribution in [3.05, 3.63) is 51.6 Å². The van der Waals surface area contributed by atoms with Gasteiger partial charge in [-0.1, -0.05) is 29.8 Å². The molecular weight excluding hydrogens is 312 g/mol. The molecule has 3 rings (SSSR count). The van der Waals surface area contributed by atoms with Gasteiger partial charge in [0.05, 0.1) is 5.02 Å². The molecule has 4 heteroatoms. The van der Waals surface area contributed by atoms with Crippen LogP contribution >= 0.6 is 27.5 Å². The van der Waals surface area contributed by atoms with Crippen molar-refractivity contribution in [2.24, 2.45) is 0 Å². The van der Waals surface area contributed by atoms with Crippen molar-refractivity contribution in [1.82, 2.24) is 4.98 Å². The monoisotopic (exact) mass is 322 g/mol. The molecule has 0 spiro atoms. The maximum atomic E-state index is 6.30. The largest absolute Gasteiger partial charge is 0.325 e. The number of para-hydroxylation sites is 1. The molecule has 1 aromatic carbocycles. The van der Waals surface area contributed by atoms with Gasteiger partial charge in [-0.15, -0.1) is 0 Å². The van der Waals surface area contributed by atoms with Crippen molar-refractivity contribution in [2.45, 2.75) is 12.8 Å². The Bertz CT molecular complexity index is 586. The number of hydrogen-bond acceptors (Lipinski definition) is 2. The Labute approximate surface area is 120 Å². The highest BCUT2D eigenvalue weighted by Crippen LogP contribution is 2.36. The highest BCUT2D eigenvalue weighted by atomic mass is 79.9. The van der Waals surface area contributed by atoms with Crippen LogP contribution in [0.3, 0.4) is 0 Å². The fourth-order valence-electron chi connectivity index (χ4n) is 2.36. The van der Waals surface area contributed by atoms with Crippen molar-refractivity contribution in [3.8, 4) is 0 Å². The molecule has 0 radical (unpaired) electrons. The maximum absolute atomic E-state index is 6.30. The summed E-state index contributed by atoms with van der Waals surface area (Å²) in [6, 6.07) is 10.3. The van der Waals surface area contributed by atoms with Crippen molar-refractivity contribution in [2.75, 3.05) is 11.4 Å². The van der Waals surface area contributed by atoms with Crippen LogP contribution in [0.4, 0.5) is 11.5 Å². The fraction of sp³-hybridized carbons (Fsp3) is 0.214. The zero-order valence-electron chi connectivity index (χ0n) is 9.74. The fourth-order valence-corrected chi connectivity index (χ4v) is 3.09. The smallest absolute Gasteiger partial charge is 0.151 e. The van der Waals surface area contributed by atoms with Crippen LogP contribution in [-0.2, 0) is 6.42 Å². The predicted octanol–water partition coefficient (Wildman–Crippen LogP) is 4.58. The van der Waals surface area contributed by atoms with Gasteiger partial charge in [-0.3, -0.25) is 0 Å². The molecule has 2 aromatic rings. The lowest BCUT2D eigenvalue weighted by atomic mass is 10.0. The number of aryl methyl sites for hydroxylation is 1. The van der Waals surface area contributed by atoms with E-state index in [0.29, 0.717) is 5.02 Å². The van der Waals surface area contributed by atoms with Crippen LogP contribution in [0, 0.1) is 0 Å². The highest BCUT2D eigenvalue weighted by molar-refractivity contribution is 9.10. The van der Waals surface area contributed by atoms with Crippen molar-refractivity contribution in [1.29, 1.82) is 0 Å². The topological polar surface area (TPSA) is 16.1 Å². The van der Waals surface area contributed by atoms with E-state index in [1.54, 1.807) is 6.20 Å². The summed E-state index contributed by atoms with van der Waals surface area (Å²) in [4.78, 5) is 6.65. The molecule has 2 heterocycles. The van der Waals surface area contributed by atoms with E-state index in [4.69, 9.17) is 11.6 Å². The van der Waals surface area contributed by atoms with Crippen LogP contribution in [0.2, 0.25) is 5.02 Å². The van der Waals surface area contributed by atoms with Crippen LogP contribution < -0.4 is 4.90 Å². The standard InChI is InChI=1S/C14H12BrClN2/c15-11-8-12(16)14(17-9-11)18-7-3-5-10-4-1-2-6-13(10)18/h1-2,4,6,8-9H,3,5,7H2. The maximum Gasteiger partial charge on any atom is 0.151 e. The summed E-state index contributed by atoms with van der Waals surface area (Å²) in [6.45, 7) is 0.964. The SMILES string of the molecule is Clc1cc(Br)cnc1N1CCCc2ccccc21. The molecule has 0 N–H and O–H groups in total. The van der Waals surface area contributed by atoms with E-state index in [0.717, 1.165) is 29.7 Å². The first-order valence-corrected chi connectivity index (χ1v) is 7.09. The molecule has 18 heavy (non-hydrogen) atoms. The second-order valence-electron chi connectivity index (χ2n) is 4.34. The summed E-state index contributed by atoms with van der Waals surface area (Å²) >= 11 is 9.68. The summed E-state index contributed by atoms with van der Waals surface area (Å²) < 4.78 is 0.904. The second kappa shape index (κ2) is 4.90. The number of halogens is 2. The molecule has 0 saturated heterocycles. The Morgan fingerprint density at radius 3 is 2.94 bits per heavy atom. The number of fused-ring (bicyclic) bond motifs is 1. The number of pyridine rings is 1. The van der Waals surface area contributed by atoms with E-state index in [1.807, 2.05) is 6.07 Å². The number of benzene rings is 1. The lowest BCUT2D eigenvalue weighted by Gasteiger charge is -2.30. The third-order valence-corrected chi connectivity index (χ3v) is 3.87. The van der Waals surface area contributed by atoms with E-state index >= 15 is 0 Å². The minimum atomic E-state index is 0.682. The van der Waals surface area contributed by atoms with Gasteiger partial charge in [0, 0.05) is 22.9 Å². The zero-order chi connectivity index (χ0) is 12.5. The average Bonchev–Trinajstić information content (AvgIpc) is 2.38. The number of rotatable bonds is 1. The van der Waals surface area contributed by atoms with Crippen LogP contribution in [0.25, 0.3) is 0 Å². The van der Waals surface area contributed by atoms with E-state index < -0.39 is 0 Å². The molecular formula is C14H12BrClN2. The Hall–Kier alpha value is -1.06. The van der Waals surface area contributed by atoms with Crippen LogP contribution in [0.15, 0.2) is 41.0 Å². The van der Waals surface area contributed by atoms with Gasteiger partial charge >= 0.3 is 0 Å². The van der Waals surface area contributed by atoms with Gasteiger partial charge in [0.2, 0.25) is 0 Å². The average molecular weight is 324 g/mol. The summed E-state index contributed by atoms with van der Waals surface area (Å²) in [7, 11) is 0.